The van der Waals surface area contributed by atoms with Gasteiger partial charge in [-0.3, -0.25) is 14.2 Å². The van der Waals surface area contributed by atoms with Crippen molar-refractivity contribution >= 4 is 5.97 Å². The third-order valence-electron chi connectivity index (χ3n) is 3.95. The lowest BCUT2D eigenvalue weighted by molar-refractivity contribution is -0.137. The molecule has 0 amide bonds. The molecule has 3 unspecified atom stereocenters. The van der Waals surface area contributed by atoms with E-state index >= 15 is 0 Å². The van der Waals surface area contributed by atoms with Gasteiger partial charge >= 0.3 is 5.97 Å². The van der Waals surface area contributed by atoms with Gasteiger partial charge in [0.2, 0.25) is 5.82 Å². The maximum absolute atomic E-state index is 14.1. The first-order valence-electron chi connectivity index (χ1n) is 6.21. The van der Waals surface area contributed by atoms with Crippen LogP contribution in [0.4, 0.5) is 4.39 Å². The summed E-state index contributed by atoms with van der Waals surface area (Å²) in [6, 6.07) is 0. The maximum Gasteiger partial charge on any atom is 0.323 e. The van der Waals surface area contributed by atoms with Gasteiger partial charge in [0.15, 0.2) is 0 Å². The SMILES string of the molecule is O=C(O)Cn1cnc(C2CC3C=CC2C3)c(F)c1=O. The van der Waals surface area contributed by atoms with Crippen LogP contribution in [-0.4, -0.2) is 20.6 Å². The minimum absolute atomic E-state index is 0.0535. The molecule has 6 heteroatoms. The number of halogens is 1. The van der Waals surface area contributed by atoms with Crippen molar-refractivity contribution < 1.29 is 14.3 Å². The number of fused-ring (bicyclic) bond motifs is 2. The van der Waals surface area contributed by atoms with E-state index in [4.69, 9.17) is 5.11 Å². The van der Waals surface area contributed by atoms with Crippen molar-refractivity contribution in [2.75, 3.05) is 0 Å². The molecular weight excluding hydrogens is 251 g/mol. The van der Waals surface area contributed by atoms with Gasteiger partial charge in [-0.15, -0.1) is 0 Å². The number of carboxylic acid groups (broad SMARTS) is 1. The highest BCUT2D eigenvalue weighted by atomic mass is 19.1. The average molecular weight is 264 g/mol. The van der Waals surface area contributed by atoms with Crippen molar-refractivity contribution in [1.29, 1.82) is 0 Å². The molecule has 3 atom stereocenters. The topological polar surface area (TPSA) is 72.2 Å². The molecule has 19 heavy (non-hydrogen) atoms. The summed E-state index contributed by atoms with van der Waals surface area (Å²) in [6.45, 7) is -0.570. The van der Waals surface area contributed by atoms with Crippen LogP contribution in [0.2, 0.25) is 0 Å². The number of rotatable bonds is 3. The molecule has 2 aliphatic carbocycles. The molecule has 0 radical (unpaired) electrons. The molecule has 1 aromatic heterocycles. The minimum atomic E-state index is -1.20. The Morgan fingerprint density at radius 3 is 2.84 bits per heavy atom. The number of carboxylic acids is 1. The molecule has 2 bridgehead atoms. The van der Waals surface area contributed by atoms with E-state index in [1.807, 2.05) is 0 Å². The van der Waals surface area contributed by atoms with Crippen LogP contribution in [-0.2, 0) is 11.3 Å². The molecule has 1 aromatic rings. The Morgan fingerprint density at radius 1 is 1.47 bits per heavy atom. The van der Waals surface area contributed by atoms with Gasteiger partial charge in [0.25, 0.3) is 5.56 Å². The number of hydrogen-bond donors (Lipinski definition) is 1. The van der Waals surface area contributed by atoms with Gasteiger partial charge in [0.05, 0.1) is 12.0 Å². The Kier molecular flexibility index (Phi) is 2.73. The Hall–Kier alpha value is -1.98. The summed E-state index contributed by atoms with van der Waals surface area (Å²) in [7, 11) is 0. The van der Waals surface area contributed by atoms with Crippen LogP contribution >= 0.6 is 0 Å². The van der Waals surface area contributed by atoms with E-state index in [9.17, 15) is 14.0 Å². The second-order valence-corrected chi connectivity index (χ2v) is 5.16. The minimum Gasteiger partial charge on any atom is -0.480 e. The van der Waals surface area contributed by atoms with Crippen LogP contribution in [0.5, 0.6) is 0 Å². The predicted octanol–water partition coefficient (Wildman–Crippen LogP) is 1.15. The van der Waals surface area contributed by atoms with Crippen LogP contribution in [0, 0.1) is 17.7 Å². The fourth-order valence-electron chi connectivity index (χ4n) is 3.09. The quantitative estimate of drug-likeness (QED) is 0.831. The van der Waals surface area contributed by atoms with Crippen LogP contribution in [0.1, 0.15) is 24.5 Å². The molecule has 0 saturated heterocycles. The fourth-order valence-corrected chi connectivity index (χ4v) is 3.09. The summed E-state index contributed by atoms with van der Waals surface area (Å²) < 4.78 is 14.9. The molecule has 5 nitrogen and oxygen atoms in total. The summed E-state index contributed by atoms with van der Waals surface area (Å²) >= 11 is 0. The largest absolute Gasteiger partial charge is 0.480 e. The van der Waals surface area contributed by atoms with Gasteiger partial charge in [-0.05, 0) is 24.7 Å². The molecule has 2 aliphatic rings. The maximum atomic E-state index is 14.1. The van der Waals surface area contributed by atoms with E-state index in [-0.39, 0.29) is 17.5 Å². The van der Waals surface area contributed by atoms with Crippen molar-refractivity contribution in [1.82, 2.24) is 9.55 Å². The zero-order valence-electron chi connectivity index (χ0n) is 10.1. The van der Waals surface area contributed by atoms with Crippen LogP contribution in [0.25, 0.3) is 0 Å². The number of nitrogens with zero attached hydrogens (tertiary/aromatic N) is 2. The van der Waals surface area contributed by atoms with Crippen molar-refractivity contribution in [2.45, 2.75) is 25.3 Å². The van der Waals surface area contributed by atoms with E-state index in [1.165, 1.54) is 0 Å². The van der Waals surface area contributed by atoms with Crippen molar-refractivity contribution in [3.05, 3.63) is 40.3 Å². The van der Waals surface area contributed by atoms with Gasteiger partial charge in [-0.2, -0.15) is 4.39 Å². The number of aromatic nitrogens is 2. The first-order valence-corrected chi connectivity index (χ1v) is 6.21. The third kappa shape index (κ3) is 1.97. The second-order valence-electron chi connectivity index (χ2n) is 5.16. The normalized spacial score (nSPS) is 27.9. The zero-order valence-corrected chi connectivity index (χ0v) is 10.1. The molecule has 1 fully saturated rings. The smallest absolute Gasteiger partial charge is 0.323 e. The molecule has 0 aromatic carbocycles. The van der Waals surface area contributed by atoms with Gasteiger partial charge in [0.1, 0.15) is 6.54 Å². The number of carbonyl (C=O) groups is 1. The number of hydrogen-bond acceptors (Lipinski definition) is 3. The Balaban J connectivity index is 1.96. The lowest BCUT2D eigenvalue weighted by Crippen LogP contribution is -2.29. The van der Waals surface area contributed by atoms with E-state index in [0.717, 1.165) is 23.7 Å². The average Bonchev–Trinajstić information content (AvgIpc) is 2.97. The molecule has 0 aliphatic heterocycles. The van der Waals surface area contributed by atoms with Crippen LogP contribution in [0.3, 0.4) is 0 Å². The summed E-state index contributed by atoms with van der Waals surface area (Å²) in [4.78, 5) is 26.3. The van der Waals surface area contributed by atoms with E-state index in [2.05, 4.69) is 17.1 Å². The number of allylic oxidation sites excluding steroid dienone is 2. The van der Waals surface area contributed by atoms with E-state index < -0.39 is 23.9 Å². The fraction of sp³-hybridized carbons (Fsp3) is 0.462. The Bertz CT molecular complexity index is 623. The van der Waals surface area contributed by atoms with Gasteiger partial charge < -0.3 is 5.11 Å². The summed E-state index contributed by atoms with van der Waals surface area (Å²) in [6.07, 6.45) is 7.12. The molecule has 1 heterocycles. The predicted molar refractivity (Wildman–Crippen MR) is 64.2 cm³/mol. The lowest BCUT2D eigenvalue weighted by Gasteiger charge is -2.18. The van der Waals surface area contributed by atoms with Crippen LogP contribution < -0.4 is 5.56 Å². The van der Waals surface area contributed by atoms with Gasteiger partial charge in [0, 0.05) is 5.92 Å². The second kappa shape index (κ2) is 4.29. The first kappa shape index (κ1) is 12.1. The van der Waals surface area contributed by atoms with Crippen LogP contribution in [0.15, 0.2) is 23.3 Å². The van der Waals surface area contributed by atoms with Crippen molar-refractivity contribution in [3.63, 3.8) is 0 Å². The van der Waals surface area contributed by atoms with Crippen molar-refractivity contribution in [3.8, 4) is 0 Å². The Labute approximate surface area is 108 Å². The van der Waals surface area contributed by atoms with E-state index in [0.29, 0.717) is 5.92 Å². The Morgan fingerprint density at radius 2 is 2.26 bits per heavy atom. The summed E-state index contributed by atoms with van der Waals surface area (Å²) in [5.74, 6) is -1.45. The van der Waals surface area contributed by atoms with Crippen molar-refractivity contribution in [2.24, 2.45) is 11.8 Å². The highest BCUT2D eigenvalue weighted by Gasteiger charge is 2.39. The molecule has 3 rings (SSSR count). The monoisotopic (exact) mass is 264 g/mol. The highest BCUT2D eigenvalue weighted by molar-refractivity contribution is 5.66. The van der Waals surface area contributed by atoms with E-state index in [1.54, 1.807) is 0 Å². The summed E-state index contributed by atoms with van der Waals surface area (Å²) in [5.41, 5.74) is -0.720. The molecule has 0 spiro atoms. The zero-order chi connectivity index (χ0) is 13.6. The molecule has 100 valence electrons. The van der Waals surface area contributed by atoms with Gasteiger partial charge in [-0.25, -0.2) is 4.98 Å². The highest BCUT2D eigenvalue weighted by Crippen LogP contribution is 2.48. The summed E-state index contributed by atoms with van der Waals surface area (Å²) in [5, 5.41) is 8.63. The standard InChI is InChI=1S/C13H13FN2O3/c14-11-12(9-4-7-1-2-8(9)3-7)15-6-16(13(11)19)5-10(17)18/h1-2,6-9H,3-5H2,(H,17,18). The first-order chi connectivity index (χ1) is 9.06. The number of aliphatic carboxylic acids is 1. The molecule has 1 saturated carbocycles. The third-order valence-corrected chi connectivity index (χ3v) is 3.95. The molecular formula is C13H13FN2O3. The lowest BCUT2D eigenvalue weighted by atomic mass is 9.90. The van der Waals surface area contributed by atoms with Gasteiger partial charge in [-0.1, -0.05) is 12.2 Å². The molecule has 1 N–H and O–H groups in total.